The highest BCUT2D eigenvalue weighted by atomic mass is 35.5. The van der Waals surface area contributed by atoms with Gasteiger partial charge in [-0.3, -0.25) is 14.5 Å². The standard InChI is InChI=1S/C16H21ClN2O4/c1-22-14-7-6-11(17)9-12(14)18-15(20)10-19-8-4-3-5-13(19)16(21)23-2/h6-7,9,13H,3-5,8,10H2,1-2H3,(H,18,20)/t13-/m1/s1. The number of hydrogen-bond donors (Lipinski definition) is 1. The molecule has 2 rings (SSSR count). The average Bonchev–Trinajstić information content (AvgIpc) is 2.55. The lowest BCUT2D eigenvalue weighted by molar-refractivity contribution is -0.148. The number of amides is 1. The second kappa shape index (κ2) is 8.17. The summed E-state index contributed by atoms with van der Waals surface area (Å²) in [5, 5.41) is 3.29. The van der Waals surface area contributed by atoms with Crippen LogP contribution in [0.4, 0.5) is 5.69 Å². The molecule has 6 nitrogen and oxygen atoms in total. The first-order valence-corrected chi connectivity index (χ1v) is 7.88. The minimum atomic E-state index is -0.360. The monoisotopic (exact) mass is 340 g/mol. The number of ether oxygens (including phenoxy) is 2. The van der Waals surface area contributed by atoms with E-state index in [0.717, 1.165) is 12.8 Å². The molecule has 1 amide bonds. The molecule has 1 aliphatic heterocycles. The maximum absolute atomic E-state index is 12.3. The highest BCUT2D eigenvalue weighted by Gasteiger charge is 2.30. The topological polar surface area (TPSA) is 67.9 Å². The number of rotatable bonds is 5. The molecule has 1 aromatic rings. The average molecular weight is 341 g/mol. The molecule has 0 unspecified atom stereocenters. The molecule has 1 aromatic carbocycles. The Morgan fingerprint density at radius 3 is 2.83 bits per heavy atom. The van der Waals surface area contributed by atoms with Crippen molar-refractivity contribution < 1.29 is 19.1 Å². The number of esters is 1. The molecule has 126 valence electrons. The van der Waals surface area contributed by atoms with E-state index in [2.05, 4.69) is 5.32 Å². The van der Waals surface area contributed by atoms with Crippen LogP contribution in [0.15, 0.2) is 18.2 Å². The van der Waals surface area contributed by atoms with Gasteiger partial charge in [0.1, 0.15) is 11.8 Å². The highest BCUT2D eigenvalue weighted by Crippen LogP contribution is 2.27. The summed E-state index contributed by atoms with van der Waals surface area (Å²) >= 11 is 5.95. The molecule has 0 saturated carbocycles. The Morgan fingerprint density at radius 1 is 1.35 bits per heavy atom. The zero-order valence-electron chi connectivity index (χ0n) is 13.3. The van der Waals surface area contributed by atoms with Crippen LogP contribution in [0.5, 0.6) is 5.75 Å². The van der Waals surface area contributed by atoms with Gasteiger partial charge in [0.05, 0.1) is 26.5 Å². The normalized spacial score (nSPS) is 18.3. The summed E-state index contributed by atoms with van der Waals surface area (Å²) in [6.45, 7) is 0.815. The maximum atomic E-state index is 12.3. The smallest absolute Gasteiger partial charge is 0.323 e. The van der Waals surface area contributed by atoms with E-state index in [1.54, 1.807) is 18.2 Å². The van der Waals surface area contributed by atoms with E-state index in [-0.39, 0.29) is 24.5 Å². The number of carbonyl (C=O) groups excluding carboxylic acids is 2. The van der Waals surface area contributed by atoms with Gasteiger partial charge in [-0.05, 0) is 37.6 Å². The minimum Gasteiger partial charge on any atom is -0.495 e. The maximum Gasteiger partial charge on any atom is 0.323 e. The van der Waals surface area contributed by atoms with Crippen molar-refractivity contribution >= 4 is 29.2 Å². The molecule has 1 atom stereocenters. The molecule has 7 heteroatoms. The number of nitrogens with zero attached hydrogens (tertiary/aromatic N) is 1. The van der Waals surface area contributed by atoms with Gasteiger partial charge in [-0.1, -0.05) is 18.0 Å². The van der Waals surface area contributed by atoms with Gasteiger partial charge >= 0.3 is 5.97 Å². The zero-order chi connectivity index (χ0) is 16.8. The van der Waals surface area contributed by atoms with Crippen LogP contribution in [0.3, 0.4) is 0 Å². The van der Waals surface area contributed by atoms with Crippen LogP contribution in [0.25, 0.3) is 0 Å². The van der Waals surface area contributed by atoms with Crippen molar-refractivity contribution in [3.63, 3.8) is 0 Å². The van der Waals surface area contributed by atoms with Crippen LogP contribution in [-0.4, -0.2) is 50.1 Å². The zero-order valence-corrected chi connectivity index (χ0v) is 14.1. The Morgan fingerprint density at radius 2 is 2.13 bits per heavy atom. The third kappa shape index (κ3) is 4.59. The SMILES string of the molecule is COC(=O)[C@H]1CCCCN1CC(=O)Nc1cc(Cl)ccc1OC. The van der Waals surface area contributed by atoms with Crippen LogP contribution in [0, 0.1) is 0 Å². The quantitative estimate of drug-likeness (QED) is 0.833. The van der Waals surface area contributed by atoms with Gasteiger partial charge in [0.2, 0.25) is 5.91 Å². The van der Waals surface area contributed by atoms with Crippen LogP contribution >= 0.6 is 11.6 Å². The second-order valence-corrected chi connectivity index (χ2v) is 5.83. The van der Waals surface area contributed by atoms with Crippen LogP contribution in [-0.2, 0) is 14.3 Å². The van der Waals surface area contributed by atoms with Crippen LogP contribution in [0.1, 0.15) is 19.3 Å². The van der Waals surface area contributed by atoms with E-state index in [1.807, 2.05) is 4.90 Å². The summed E-state index contributed by atoms with van der Waals surface area (Å²) in [6, 6.07) is 4.65. The summed E-state index contributed by atoms with van der Waals surface area (Å²) in [5.74, 6) is 0.0186. The number of methoxy groups -OCH3 is 2. The van der Waals surface area contributed by atoms with Gasteiger partial charge in [-0.25, -0.2) is 0 Å². The molecule has 0 bridgehead atoms. The molecule has 1 saturated heterocycles. The lowest BCUT2D eigenvalue weighted by Gasteiger charge is -2.33. The molecule has 0 radical (unpaired) electrons. The molecule has 23 heavy (non-hydrogen) atoms. The molecule has 1 heterocycles. The van der Waals surface area contributed by atoms with Crippen molar-refractivity contribution in [2.45, 2.75) is 25.3 Å². The van der Waals surface area contributed by atoms with E-state index in [9.17, 15) is 9.59 Å². The summed E-state index contributed by atoms with van der Waals surface area (Å²) in [6.07, 6.45) is 2.63. The Kier molecular flexibility index (Phi) is 6.24. The van der Waals surface area contributed by atoms with Crippen molar-refractivity contribution in [3.05, 3.63) is 23.2 Å². The number of halogens is 1. The van der Waals surface area contributed by atoms with Crippen molar-refractivity contribution in [2.24, 2.45) is 0 Å². The predicted molar refractivity (Wildman–Crippen MR) is 87.9 cm³/mol. The van der Waals surface area contributed by atoms with Gasteiger partial charge in [0.15, 0.2) is 0 Å². The summed E-state index contributed by atoms with van der Waals surface area (Å²) in [5.41, 5.74) is 0.511. The third-order valence-corrected chi connectivity index (χ3v) is 4.10. The lowest BCUT2D eigenvalue weighted by atomic mass is 10.0. The minimum absolute atomic E-state index is 0.120. The van der Waals surface area contributed by atoms with Gasteiger partial charge in [0, 0.05) is 5.02 Å². The summed E-state index contributed by atoms with van der Waals surface area (Å²) < 4.78 is 10.0. The van der Waals surface area contributed by atoms with Crippen LogP contribution in [0.2, 0.25) is 5.02 Å². The van der Waals surface area contributed by atoms with E-state index in [1.165, 1.54) is 14.2 Å². The van der Waals surface area contributed by atoms with Gasteiger partial charge in [-0.15, -0.1) is 0 Å². The van der Waals surface area contributed by atoms with Crippen molar-refractivity contribution in [3.8, 4) is 5.75 Å². The number of piperidine rings is 1. The number of anilines is 1. The molecular formula is C16H21ClN2O4. The first-order valence-electron chi connectivity index (χ1n) is 7.50. The van der Waals surface area contributed by atoms with Crippen molar-refractivity contribution in [1.82, 2.24) is 4.90 Å². The van der Waals surface area contributed by atoms with E-state index in [0.29, 0.717) is 29.4 Å². The molecule has 1 fully saturated rings. The number of benzene rings is 1. The number of nitrogens with one attached hydrogen (secondary N) is 1. The molecule has 1 N–H and O–H groups in total. The van der Waals surface area contributed by atoms with E-state index >= 15 is 0 Å². The third-order valence-electron chi connectivity index (χ3n) is 3.87. The Hall–Kier alpha value is -1.79. The fourth-order valence-corrected chi connectivity index (χ4v) is 2.91. The first kappa shape index (κ1) is 17.6. The number of carbonyl (C=O) groups is 2. The molecule has 0 spiro atoms. The summed E-state index contributed by atoms with van der Waals surface area (Å²) in [4.78, 5) is 26.0. The van der Waals surface area contributed by atoms with Crippen molar-refractivity contribution in [1.29, 1.82) is 0 Å². The molecule has 0 aliphatic carbocycles. The Labute approximate surface area is 140 Å². The van der Waals surface area contributed by atoms with Gasteiger partial charge in [0.25, 0.3) is 0 Å². The Balaban J connectivity index is 2.03. The molecule has 1 aliphatic rings. The lowest BCUT2D eigenvalue weighted by Crippen LogP contribution is -2.48. The van der Waals surface area contributed by atoms with E-state index in [4.69, 9.17) is 21.1 Å². The van der Waals surface area contributed by atoms with E-state index < -0.39 is 0 Å². The van der Waals surface area contributed by atoms with Gasteiger partial charge in [-0.2, -0.15) is 0 Å². The van der Waals surface area contributed by atoms with Crippen molar-refractivity contribution in [2.75, 3.05) is 32.6 Å². The van der Waals surface area contributed by atoms with Gasteiger partial charge < -0.3 is 14.8 Å². The highest BCUT2D eigenvalue weighted by molar-refractivity contribution is 6.31. The second-order valence-electron chi connectivity index (χ2n) is 5.40. The Bertz CT molecular complexity index is 579. The fourth-order valence-electron chi connectivity index (χ4n) is 2.74. The first-order chi connectivity index (χ1) is 11.0. The molecular weight excluding hydrogens is 320 g/mol. The largest absolute Gasteiger partial charge is 0.495 e. The summed E-state index contributed by atoms with van der Waals surface area (Å²) in [7, 11) is 2.89. The van der Waals surface area contributed by atoms with Crippen LogP contribution < -0.4 is 10.1 Å². The predicted octanol–water partition coefficient (Wildman–Crippen LogP) is 2.31. The number of hydrogen-bond acceptors (Lipinski definition) is 5. The molecule has 0 aromatic heterocycles. The number of likely N-dealkylation sites (tertiary alicyclic amines) is 1. The fraction of sp³-hybridized carbons (Fsp3) is 0.500.